The van der Waals surface area contributed by atoms with Gasteiger partial charge >= 0.3 is 5.97 Å². The fourth-order valence-electron chi connectivity index (χ4n) is 3.05. The van der Waals surface area contributed by atoms with Gasteiger partial charge in [0.15, 0.2) is 6.10 Å². The maximum absolute atomic E-state index is 12.6. The van der Waals surface area contributed by atoms with Crippen molar-refractivity contribution in [3.05, 3.63) is 64.5 Å². The van der Waals surface area contributed by atoms with Gasteiger partial charge in [-0.15, -0.1) is 10.2 Å². The lowest BCUT2D eigenvalue weighted by atomic mass is 9.97. The Morgan fingerprint density at radius 3 is 2.79 bits per heavy atom. The van der Waals surface area contributed by atoms with E-state index in [-0.39, 0.29) is 18.5 Å². The number of halogens is 1. The third-order valence-corrected chi connectivity index (χ3v) is 4.88. The van der Waals surface area contributed by atoms with Crippen LogP contribution in [-0.4, -0.2) is 22.8 Å². The Balaban J connectivity index is 1.42. The molecular formula is C21H19ClN2O4. The first kappa shape index (κ1) is 18.5. The minimum Gasteiger partial charge on any atom is -0.492 e. The predicted molar refractivity (Wildman–Crippen MR) is 103 cm³/mol. The van der Waals surface area contributed by atoms with E-state index in [1.807, 2.05) is 43.3 Å². The van der Waals surface area contributed by atoms with Crippen LogP contribution in [0.5, 0.6) is 5.75 Å². The van der Waals surface area contributed by atoms with Crippen LogP contribution in [0.3, 0.4) is 0 Å². The second-order valence-electron chi connectivity index (χ2n) is 6.85. The molecule has 7 heteroatoms. The number of nitrogens with zero attached hydrogens (tertiary/aromatic N) is 2. The van der Waals surface area contributed by atoms with E-state index in [1.54, 1.807) is 13.0 Å². The zero-order valence-corrected chi connectivity index (χ0v) is 16.3. The number of hydrogen-bond donors (Lipinski definition) is 0. The van der Waals surface area contributed by atoms with Crippen molar-refractivity contribution in [1.29, 1.82) is 0 Å². The normalized spacial score (nSPS) is 16.8. The second kappa shape index (κ2) is 7.64. The summed E-state index contributed by atoms with van der Waals surface area (Å²) in [6, 6.07) is 13.1. The maximum Gasteiger partial charge on any atom is 0.313 e. The van der Waals surface area contributed by atoms with E-state index in [9.17, 15) is 4.79 Å². The van der Waals surface area contributed by atoms with E-state index in [0.29, 0.717) is 17.3 Å². The molecule has 6 nitrogen and oxygen atoms in total. The fraction of sp³-hybridized carbons (Fsp3) is 0.286. The van der Waals surface area contributed by atoms with Gasteiger partial charge in [0.25, 0.3) is 5.89 Å². The van der Waals surface area contributed by atoms with Crippen molar-refractivity contribution in [3.63, 3.8) is 0 Å². The Labute approximate surface area is 167 Å². The van der Waals surface area contributed by atoms with E-state index < -0.39 is 12.0 Å². The largest absolute Gasteiger partial charge is 0.492 e. The molecule has 28 heavy (non-hydrogen) atoms. The summed E-state index contributed by atoms with van der Waals surface area (Å²) in [5, 5.41) is 8.68. The smallest absolute Gasteiger partial charge is 0.313 e. The molecule has 2 atom stereocenters. The van der Waals surface area contributed by atoms with Crippen molar-refractivity contribution in [3.8, 4) is 17.2 Å². The number of hydrogen-bond acceptors (Lipinski definition) is 6. The van der Waals surface area contributed by atoms with Gasteiger partial charge in [0.1, 0.15) is 12.4 Å². The first-order chi connectivity index (χ1) is 13.5. The van der Waals surface area contributed by atoms with E-state index in [1.165, 1.54) is 0 Å². The molecule has 4 rings (SSSR count). The van der Waals surface area contributed by atoms with E-state index in [2.05, 4.69) is 10.2 Å². The molecule has 0 saturated heterocycles. The zero-order valence-electron chi connectivity index (χ0n) is 15.5. The third kappa shape index (κ3) is 3.87. The Morgan fingerprint density at radius 2 is 2.00 bits per heavy atom. The molecule has 1 aliphatic rings. The Hall–Kier alpha value is -2.86. The Bertz CT molecular complexity index is 1000. The number of rotatable bonds is 4. The predicted octanol–water partition coefficient (Wildman–Crippen LogP) is 4.55. The lowest BCUT2D eigenvalue weighted by molar-refractivity contribution is -0.156. The summed E-state index contributed by atoms with van der Waals surface area (Å²) in [6.45, 7) is 3.98. The van der Waals surface area contributed by atoms with Crippen LogP contribution in [0.15, 0.2) is 46.9 Å². The van der Waals surface area contributed by atoms with Gasteiger partial charge in [-0.2, -0.15) is 0 Å². The lowest BCUT2D eigenvalue weighted by Gasteiger charge is -2.24. The molecule has 0 bridgehead atoms. The summed E-state index contributed by atoms with van der Waals surface area (Å²) in [5.41, 5.74) is 2.85. The topological polar surface area (TPSA) is 74.5 Å². The second-order valence-corrected chi connectivity index (χ2v) is 7.29. The number of esters is 1. The van der Waals surface area contributed by atoms with Gasteiger partial charge in [-0.1, -0.05) is 29.3 Å². The van der Waals surface area contributed by atoms with Gasteiger partial charge < -0.3 is 13.9 Å². The van der Waals surface area contributed by atoms with Gasteiger partial charge in [0.05, 0.1) is 5.92 Å². The molecule has 0 fully saturated rings. The van der Waals surface area contributed by atoms with Crippen LogP contribution in [-0.2, 0) is 16.0 Å². The molecule has 144 valence electrons. The highest BCUT2D eigenvalue weighted by molar-refractivity contribution is 6.30. The van der Waals surface area contributed by atoms with E-state index >= 15 is 0 Å². The number of fused-ring (bicyclic) bond motifs is 1. The zero-order chi connectivity index (χ0) is 19.7. The lowest BCUT2D eigenvalue weighted by Crippen LogP contribution is -2.30. The summed E-state index contributed by atoms with van der Waals surface area (Å²) in [6.07, 6.45) is -0.139. The van der Waals surface area contributed by atoms with Gasteiger partial charge in [-0.25, -0.2) is 0 Å². The fourth-order valence-corrected chi connectivity index (χ4v) is 3.24. The molecular weight excluding hydrogens is 380 g/mol. The minimum atomic E-state index is -0.653. The number of carbonyl (C=O) groups excluding carboxylic acids is 1. The average Bonchev–Trinajstić information content (AvgIpc) is 3.18. The van der Waals surface area contributed by atoms with Gasteiger partial charge in [0, 0.05) is 10.6 Å². The maximum atomic E-state index is 12.6. The number of aromatic nitrogens is 2. The van der Waals surface area contributed by atoms with E-state index in [4.69, 9.17) is 25.5 Å². The quantitative estimate of drug-likeness (QED) is 0.600. The SMILES string of the molecule is Cc1ccc(-c2nnc(C(C)OC(=O)C3COc4ccc(Cl)cc4C3)o2)cc1. The summed E-state index contributed by atoms with van der Waals surface area (Å²) in [7, 11) is 0. The van der Waals surface area contributed by atoms with Crippen molar-refractivity contribution < 1.29 is 18.7 Å². The molecule has 0 amide bonds. The molecule has 2 aromatic carbocycles. The number of aryl methyl sites for hydroxylation is 1. The first-order valence-corrected chi connectivity index (χ1v) is 9.39. The Kier molecular flexibility index (Phi) is 5.05. The molecule has 0 saturated carbocycles. The van der Waals surface area contributed by atoms with Crippen LogP contribution in [0.1, 0.15) is 30.0 Å². The summed E-state index contributed by atoms with van der Waals surface area (Å²) in [4.78, 5) is 12.6. The van der Waals surface area contributed by atoms with Crippen LogP contribution in [0.2, 0.25) is 5.02 Å². The number of ether oxygens (including phenoxy) is 2. The molecule has 1 aliphatic heterocycles. The van der Waals surface area contributed by atoms with Crippen LogP contribution in [0, 0.1) is 12.8 Å². The molecule has 2 heterocycles. The summed E-state index contributed by atoms with van der Waals surface area (Å²) in [5.74, 6) is 0.619. The monoisotopic (exact) mass is 398 g/mol. The molecule has 0 spiro atoms. The summed E-state index contributed by atoms with van der Waals surface area (Å²) >= 11 is 6.03. The average molecular weight is 399 g/mol. The van der Waals surface area contributed by atoms with Gasteiger partial charge in [0.2, 0.25) is 5.89 Å². The molecule has 0 aliphatic carbocycles. The van der Waals surface area contributed by atoms with Crippen LogP contribution >= 0.6 is 11.6 Å². The number of carbonyl (C=O) groups is 1. The number of benzene rings is 2. The highest BCUT2D eigenvalue weighted by atomic mass is 35.5. The van der Waals surface area contributed by atoms with Crippen LogP contribution < -0.4 is 4.74 Å². The highest BCUT2D eigenvalue weighted by Gasteiger charge is 2.30. The highest BCUT2D eigenvalue weighted by Crippen LogP contribution is 2.31. The first-order valence-electron chi connectivity index (χ1n) is 9.02. The standard InChI is InChI=1S/C21H19ClN2O4/c1-12-3-5-14(6-4-12)20-24-23-19(28-20)13(2)27-21(25)16-9-15-10-17(22)7-8-18(15)26-11-16/h3-8,10,13,16H,9,11H2,1-2H3. The molecule has 0 radical (unpaired) electrons. The van der Waals surface area contributed by atoms with Crippen LogP contribution in [0.25, 0.3) is 11.5 Å². The Morgan fingerprint density at radius 1 is 1.21 bits per heavy atom. The third-order valence-electron chi connectivity index (χ3n) is 4.64. The van der Waals surface area contributed by atoms with E-state index in [0.717, 1.165) is 22.4 Å². The molecule has 3 aromatic rings. The molecule has 0 N–H and O–H groups in total. The van der Waals surface area contributed by atoms with Gasteiger partial charge in [-0.05, 0) is 56.2 Å². The minimum absolute atomic E-state index is 0.254. The van der Waals surface area contributed by atoms with Crippen LogP contribution in [0.4, 0.5) is 0 Å². The van der Waals surface area contributed by atoms with Crippen molar-refractivity contribution >= 4 is 17.6 Å². The van der Waals surface area contributed by atoms with Crippen molar-refractivity contribution in [2.75, 3.05) is 6.61 Å². The van der Waals surface area contributed by atoms with Crippen molar-refractivity contribution in [2.45, 2.75) is 26.4 Å². The van der Waals surface area contributed by atoms with Crippen molar-refractivity contribution in [2.24, 2.45) is 5.92 Å². The summed E-state index contributed by atoms with van der Waals surface area (Å²) < 4.78 is 16.9. The van der Waals surface area contributed by atoms with Gasteiger partial charge in [-0.3, -0.25) is 4.79 Å². The molecule has 1 aromatic heterocycles. The van der Waals surface area contributed by atoms with Crippen molar-refractivity contribution in [1.82, 2.24) is 10.2 Å². The molecule has 2 unspecified atom stereocenters.